The summed E-state index contributed by atoms with van der Waals surface area (Å²) < 4.78 is 10.7. The lowest BCUT2D eigenvalue weighted by Crippen LogP contribution is -2.60. The summed E-state index contributed by atoms with van der Waals surface area (Å²) >= 11 is 0. The Morgan fingerprint density at radius 1 is 0.964 bits per heavy atom. The first-order valence-corrected chi connectivity index (χ1v) is 12.5. The molecule has 1 heterocycles. The van der Waals surface area contributed by atoms with Crippen LogP contribution >= 0.6 is 0 Å². The first kappa shape index (κ1) is 19.8. The molecule has 0 aliphatic carbocycles. The van der Waals surface area contributed by atoms with Crippen molar-refractivity contribution in [3.63, 3.8) is 0 Å². The van der Waals surface area contributed by atoms with Gasteiger partial charge in [0.05, 0.1) is 5.56 Å². The van der Waals surface area contributed by atoms with Crippen LogP contribution in [0.25, 0.3) is 0 Å². The van der Waals surface area contributed by atoms with Crippen LogP contribution in [0.1, 0.15) is 28.9 Å². The summed E-state index contributed by atoms with van der Waals surface area (Å²) in [5.74, 6) is -1.15. The highest BCUT2D eigenvalue weighted by atomic mass is 28.4. The molecule has 0 saturated carbocycles. The highest BCUT2D eigenvalue weighted by Gasteiger charge is 2.51. The van der Waals surface area contributed by atoms with E-state index < -0.39 is 26.4 Å². The smallest absolute Gasteiger partial charge is 0.324 e. The van der Waals surface area contributed by atoms with Gasteiger partial charge in [0.25, 0.3) is 5.91 Å². The van der Waals surface area contributed by atoms with Crippen molar-refractivity contribution in [1.82, 2.24) is 0 Å². The summed E-state index contributed by atoms with van der Waals surface area (Å²) in [4.78, 5) is 37.9. The van der Waals surface area contributed by atoms with Gasteiger partial charge in [-0.15, -0.1) is 0 Å². The first-order chi connectivity index (χ1) is 13.2. The molecular weight excluding hydrogens is 374 g/mol. The maximum Gasteiger partial charge on any atom is 0.324 e. The molecule has 0 N–H and O–H groups in total. The first-order valence-electron chi connectivity index (χ1n) is 9.06. The predicted molar refractivity (Wildman–Crippen MR) is 107 cm³/mol. The molecule has 146 valence electrons. The zero-order valence-electron chi connectivity index (χ0n) is 16.3. The van der Waals surface area contributed by atoms with Gasteiger partial charge in [0.2, 0.25) is 14.4 Å². The Bertz CT molecular complexity index is 889. The van der Waals surface area contributed by atoms with Gasteiger partial charge in [-0.2, -0.15) is 0 Å². The average Bonchev–Trinajstić information content (AvgIpc) is 2.63. The van der Waals surface area contributed by atoms with E-state index in [9.17, 15) is 14.4 Å². The molecule has 0 spiro atoms. The molecule has 0 radical (unpaired) electrons. The molecule has 2 aromatic carbocycles. The van der Waals surface area contributed by atoms with E-state index in [2.05, 4.69) is 0 Å². The molecule has 3 rings (SSSR count). The SMILES string of the molecule is CC(=O)O[C@@H]1C(=O)N(c2ccc(C(=O)O[Si](C)(C)C)cc2)[C@H]1c1ccccc1. The van der Waals surface area contributed by atoms with Gasteiger partial charge in [0.1, 0.15) is 6.04 Å². The number of carbonyl (C=O) groups is 3. The van der Waals surface area contributed by atoms with Crippen molar-refractivity contribution in [1.29, 1.82) is 0 Å². The fourth-order valence-corrected chi connectivity index (χ4v) is 3.79. The van der Waals surface area contributed by atoms with E-state index in [0.717, 1.165) is 5.56 Å². The van der Waals surface area contributed by atoms with E-state index in [1.54, 1.807) is 29.2 Å². The molecule has 1 amide bonds. The van der Waals surface area contributed by atoms with Crippen LogP contribution in [0.15, 0.2) is 54.6 Å². The number of hydrogen-bond acceptors (Lipinski definition) is 5. The lowest BCUT2D eigenvalue weighted by molar-refractivity contribution is -0.160. The van der Waals surface area contributed by atoms with Gasteiger partial charge < -0.3 is 9.16 Å². The maximum atomic E-state index is 12.7. The fourth-order valence-electron chi connectivity index (χ4n) is 3.11. The van der Waals surface area contributed by atoms with E-state index in [4.69, 9.17) is 9.16 Å². The Kier molecular flexibility index (Phi) is 5.37. The average molecular weight is 398 g/mol. The highest BCUT2D eigenvalue weighted by molar-refractivity contribution is 6.71. The van der Waals surface area contributed by atoms with Crippen LogP contribution in [0.4, 0.5) is 5.69 Å². The minimum Gasteiger partial charge on any atom is -0.516 e. The Morgan fingerprint density at radius 2 is 1.57 bits per heavy atom. The zero-order valence-corrected chi connectivity index (χ0v) is 17.3. The monoisotopic (exact) mass is 397 g/mol. The highest BCUT2D eigenvalue weighted by Crippen LogP contribution is 2.41. The summed E-state index contributed by atoms with van der Waals surface area (Å²) in [6.45, 7) is 7.11. The number of benzene rings is 2. The summed E-state index contributed by atoms with van der Waals surface area (Å²) in [7, 11) is -1.99. The van der Waals surface area contributed by atoms with E-state index >= 15 is 0 Å². The largest absolute Gasteiger partial charge is 0.516 e. The summed E-state index contributed by atoms with van der Waals surface area (Å²) in [5.41, 5.74) is 1.94. The topological polar surface area (TPSA) is 72.9 Å². The molecule has 1 saturated heterocycles. The fraction of sp³-hybridized carbons (Fsp3) is 0.286. The third-order valence-corrected chi connectivity index (χ3v) is 5.06. The van der Waals surface area contributed by atoms with E-state index in [-0.39, 0.29) is 11.9 Å². The number of esters is 1. The van der Waals surface area contributed by atoms with Crippen LogP contribution in [0, 0.1) is 0 Å². The van der Waals surface area contributed by atoms with Crippen molar-refractivity contribution in [3.8, 4) is 0 Å². The molecule has 1 aliphatic rings. The minimum absolute atomic E-state index is 0.290. The molecule has 2 atom stereocenters. The van der Waals surface area contributed by atoms with Crippen LogP contribution in [-0.4, -0.2) is 32.3 Å². The number of hydrogen-bond donors (Lipinski definition) is 0. The van der Waals surface area contributed by atoms with Gasteiger partial charge >= 0.3 is 11.9 Å². The predicted octanol–water partition coefficient (Wildman–Crippen LogP) is 3.70. The Labute approximate surface area is 165 Å². The van der Waals surface area contributed by atoms with Crippen molar-refractivity contribution in [3.05, 3.63) is 65.7 Å². The van der Waals surface area contributed by atoms with Gasteiger partial charge in [-0.05, 0) is 49.5 Å². The molecule has 28 heavy (non-hydrogen) atoms. The standard InChI is InChI=1S/C21H23NO5Si/c1-14(23)26-19-18(15-8-6-5-7-9-15)22(20(19)24)17-12-10-16(11-13-17)21(25)27-28(2,3)4/h5-13,18-19H,1-4H3/t18-,19-/m0/s1. The van der Waals surface area contributed by atoms with Crippen molar-refractivity contribution in [2.75, 3.05) is 4.90 Å². The molecule has 7 heteroatoms. The normalized spacial score (nSPS) is 19.0. The quantitative estimate of drug-likeness (QED) is 0.437. The molecule has 1 fully saturated rings. The molecule has 0 unspecified atom stereocenters. The number of amides is 1. The molecule has 0 aromatic heterocycles. The van der Waals surface area contributed by atoms with Crippen molar-refractivity contribution in [2.24, 2.45) is 0 Å². The summed E-state index contributed by atoms with van der Waals surface area (Å²) in [6.07, 6.45) is -0.851. The van der Waals surface area contributed by atoms with Gasteiger partial charge in [0, 0.05) is 12.6 Å². The molecule has 0 bridgehead atoms. The number of β-lactam (4-membered cyclic amide) rings is 1. The Balaban J connectivity index is 1.86. The maximum absolute atomic E-state index is 12.7. The van der Waals surface area contributed by atoms with Gasteiger partial charge in [0.15, 0.2) is 0 Å². The van der Waals surface area contributed by atoms with Gasteiger partial charge in [-0.1, -0.05) is 30.3 Å². The van der Waals surface area contributed by atoms with Crippen molar-refractivity contribution >= 4 is 31.9 Å². The number of rotatable bonds is 5. The second-order valence-corrected chi connectivity index (χ2v) is 12.1. The second-order valence-electron chi connectivity index (χ2n) is 7.64. The van der Waals surface area contributed by atoms with Crippen LogP contribution in [0.2, 0.25) is 19.6 Å². The number of nitrogens with zero attached hydrogens (tertiary/aromatic N) is 1. The van der Waals surface area contributed by atoms with Crippen LogP contribution in [-0.2, 0) is 18.8 Å². The molecule has 1 aliphatic heterocycles. The van der Waals surface area contributed by atoms with Crippen LogP contribution in [0.3, 0.4) is 0 Å². The third kappa shape index (κ3) is 4.14. The Morgan fingerprint density at radius 3 is 2.11 bits per heavy atom. The Hall–Kier alpha value is -2.93. The summed E-state index contributed by atoms with van der Waals surface area (Å²) in [5, 5.41) is 0. The number of carbonyl (C=O) groups excluding carboxylic acids is 3. The van der Waals surface area contributed by atoms with Gasteiger partial charge in [-0.25, -0.2) is 4.79 Å². The minimum atomic E-state index is -1.99. The van der Waals surface area contributed by atoms with Gasteiger partial charge in [-0.3, -0.25) is 14.5 Å². The molecule has 2 aromatic rings. The molecular formula is C21H23NO5Si. The van der Waals surface area contributed by atoms with Crippen molar-refractivity contribution < 1.29 is 23.5 Å². The van der Waals surface area contributed by atoms with Crippen LogP contribution in [0.5, 0.6) is 0 Å². The van der Waals surface area contributed by atoms with E-state index in [1.807, 2.05) is 50.0 Å². The van der Waals surface area contributed by atoms with E-state index in [0.29, 0.717) is 11.3 Å². The number of ether oxygens (including phenoxy) is 1. The zero-order chi connectivity index (χ0) is 20.5. The van der Waals surface area contributed by atoms with Crippen molar-refractivity contribution in [2.45, 2.75) is 38.7 Å². The lowest BCUT2D eigenvalue weighted by atomic mass is 9.89. The number of anilines is 1. The lowest BCUT2D eigenvalue weighted by Gasteiger charge is -2.46. The van der Waals surface area contributed by atoms with E-state index in [1.165, 1.54) is 6.92 Å². The second kappa shape index (κ2) is 7.59. The summed E-state index contributed by atoms with van der Waals surface area (Å²) in [6, 6.07) is 15.7. The molecule has 6 nitrogen and oxygen atoms in total. The third-order valence-electron chi connectivity index (χ3n) is 4.26. The van der Waals surface area contributed by atoms with Crippen LogP contribution < -0.4 is 4.90 Å².